The Bertz CT molecular complexity index is 784. The highest BCUT2D eigenvalue weighted by molar-refractivity contribution is 7.89. The second-order valence-electron chi connectivity index (χ2n) is 4.16. The van der Waals surface area contributed by atoms with Crippen LogP contribution in [0.5, 0.6) is 5.75 Å². The van der Waals surface area contributed by atoms with Crippen LogP contribution in [0, 0.1) is 6.92 Å². The van der Waals surface area contributed by atoms with Crippen molar-refractivity contribution in [2.24, 2.45) is 5.14 Å². The Balaban J connectivity index is 2.38. The maximum atomic E-state index is 12.2. The Hall–Kier alpha value is -1.97. The zero-order valence-corrected chi connectivity index (χ0v) is 12.9. The second-order valence-corrected chi connectivity index (χ2v) is 6.57. The number of carbonyl (C=O) groups is 1. The van der Waals surface area contributed by atoms with Crippen molar-refractivity contribution in [1.29, 1.82) is 0 Å². The highest BCUT2D eigenvalue weighted by Crippen LogP contribution is 2.24. The van der Waals surface area contributed by atoms with Crippen molar-refractivity contribution < 1.29 is 17.9 Å². The van der Waals surface area contributed by atoms with Gasteiger partial charge in [-0.25, -0.2) is 18.5 Å². The first kappa shape index (κ1) is 15.4. The SMILES string of the molecule is COc1ccc(S(N)(=O)=O)cc1C(=O)Nc1nc(C)cs1. The molecule has 1 aromatic carbocycles. The Morgan fingerprint density at radius 2 is 2.14 bits per heavy atom. The molecule has 0 aliphatic heterocycles. The molecule has 0 fully saturated rings. The molecule has 112 valence electrons. The van der Waals surface area contributed by atoms with E-state index in [1.54, 1.807) is 12.3 Å². The molecule has 0 unspecified atom stereocenters. The molecule has 1 amide bonds. The number of ether oxygens (including phenoxy) is 1. The van der Waals surface area contributed by atoms with Crippen LogP contribution >= 0.6 is 11.3 Å². The average Bonchev–Trinajstić information content (AvgIpc) is 2.82. The molecule has 2 rings (SSSR count). The number of primary sulfonamides is 1. The van der Waals surface area contributed by atoms with Gasteiger partial charge in [-0.2, -0.15) is 0 Å². The van der Waals surface area contributed by atoms with Gasteiger partial charge in [-0.3, -0.25) is 10.1 Å². The Morgan fingerprint density at radius 3 is 2.67 bits per heavy atom. The number of nitrogens with two attached hydrogens (primary N) is 1. The lowest BCUT2D eigenvalue weighted by Crippen LogP contribution is -2.16. The van der Waals surface area contributed by atoms with E-state index in [9.17, 15) is 13.2 Å². The van der Waals surface area contributed by atoms with Crippen LogP contribution in [-0.4, -0.2) is 26.4 Å². The van der Waals surface area contributed by atoms with Gasteiger partial charge in [-0.1, -0.05) is 0 Å². The number of amides is 1. The summed E-state index contributed by atoms with van der Waals surface area (Å²) < 4.78 is 27.8. The summed E-state index contributed by atoms with van der Waals surface area (Å²) in [5.74, 6) is -0.278. The van der Waals surface area contributed by atoms with E-state index < -0.39 is 15.9 Å². The number of carbonyl (C=O) groups excluding carboxylic acids is 1. The average molecular weight is 327 g/mol. The van der Waals surface area contributed by atoms with Gasteiger partial charge in [0, 0.05) is 5.38 Å². The fraction of sp³-hybridized carbons (Fsp3) is 0.167. The molecule has 0 radical (unpaired) electrons. The smallest absolute Gasteiger partial charge is 0.261 e. The number of hydrogen-bond donors (Lipinski definition) is 2. The fourth-order valence-corrected chi connectivity index (χ4v) is 2.84. The lowest BCUT2D eigenvalue weighted by Gasteiger charge is -2.09. The molecule has 7 nitrogen and oxygen atoms in total. The lowest BCUT2D eigenvalue weighted by molar-refractivity contribution is 0.102. The van der Waals surface area contributed by atoms with Crippen molar-refractivity contribution in [2.75, 3.05) is 12.4 Å². The third kappa shape index (κ3) is 3.57. The molecule has 0 spiro atoms. The molecule has 9 heteroatoms. The van der Waals surface area contributed by atoms with E-state index in [2.05, 4.69) is 10.3 Å². The van der Waals surface area contributed by atoms with Gasteiger partial charge in [0.25, 0.3) is 5.91 Å². The Kier molecular flexibility index (Phi) is 4.26. The molecule has 0 saturated carbocycles. The van der Waals surface area contributed by atoms with E-state index in [4.69, 9.17) is 9.88 Å². The minimum Gasteiger partial charge on any atom is -0.496 e. The number of methoxy groups -OCH3 is 1. The first-order valence-electron chi connectivity index (χ1n) is 5.75. The predicted octanol–water partition coefficient (Wildman–Crippen LogP) is 1.36. The molecule has 1 aromatic heterocycles. The number of sulfonamides is 1. The third-order valence-corrected chi connectivity index (χ3v) is 4.37. The Morgan fingerprint density at radius 1 is 1.43 bits per heavy atom. The number of benzene rings is 1. The summed E-state index contributed by atoms with van der Waals surface area (Å²) in [5, 5.41) is 9.85. The lowest BCUT2D eigenvalue weighted by atomic mass is 10.2. The van der Waals surface area contributed by atoms with Crippen LogP contribution in [0.1, 0.15) is 16.1 Å². The van der Waals surface area contributed by atoms with Crippen LogP contribution in [0.25, 0.3) is 0 Å². The number of rotatable bonds is 4. The minimum atomic E-state index is -3.90. The van der Waals surface area contributed by atoms with E-state index in [-0.39, 0.29) is 16.2 Å². The fourth-order valence-electron chi connectivity index (χ4n) is 1.62. The summed E-state index contributed by atoms with van der Waals surface area (Å²) in [6, 6.07) is 3.82. The van der Waals surface area contributed by atoms with Crippen LogP contribution in [0.2, 0.25) is 0 Å². The molecule has 2 aromatic rings. The van der Waals surface area contributed by atoms with Crippen LogP contribution in [0.3, 0.4) is 0 Å². The highest BCUT2D eigenvalue weighted by Gasteiger charge is 2.18. The second kappa shape index (κ2) is 5.80. The van der Waals surface area contributed by atoms with Crippen LogP contribution in [-0.2, 0) is 10.0 Å². The molecule has 0 atom stereocenters. The first-order chi connectivity index (χ1) is 9.81. The van der Waals surface area contributed by atoms with E-state index in [0.717, 1.165) is 5.69 Å². The van der Waals surface area contributed by atoms with Gasteiger partial charge >= 0.3 is 0 Å². The molecule has 0 aliphatic carbocycles. The number of aromatic nitrogens is 1. The number of hydrogen-bond acceptors (Lipinski definition) is 6. The zero-order chi connectivity index (χ0) is 15.6. The van der Waals surface area contributed by atoms with Gasteiger partial charge in [0.2, 0.25) is 10.0 Å². The minimum absolute atomic E-state index is 0.0666. The van der Waals surface area contributed by atoms with Crippen molar-refractivity contribution in [1.82, 2.24) is 4.98 Å². The quantitative estimate of drug-likeness (QED) is 0.880. The molecule has 1 heterocycles. The summed E-state index contributed by atoms with van der Waals surface area (Å²) in [4.78, 5) is 16.2. The predicted molar refractivity (Wildman–Crippen MR) is 79.2 cm³/mol. The van der Waals surface area contributed by atoms with E-state index in [0.29, 0.717) is 5.13 Å². The Labute approximate surface area is 125 Å². The summed E-state index contributed by atoms with van der Waals surface area (Å²) in [7, 11) is -2.52. The third-order valence-electron chi connectivity index (χ3n) is 2.58. The van der Waals surface area contributed by atoms with E-state index >= 15 is 0 Å². The van der Waals surface area contributed by atoms with Crippen LogP contribution in [0.4, 0.5) is 5.13 Å². The maximum absolute atomic E-state index is 12.2. The molecule has 0 saturated heterocycles. The number of aryl methyl sites for hydroxylation is 1. The van der Waals surface area contributed by atoms with Gasteiger partial charge in [0.15, 0.2) is 5.13 Å². The molecule has 21 heavy (non-hydrogen) atoms. The topological polar surface area (TPSA) is 111 Å². The highest BCUT2D eigenvalue weighted by atomic mass is 32.2. The van der Waals surface area contributed by atoms with Gasteiger partial charge in [-0.05, 0) is 25.1 Å². The van der Waals surface area contributed by atoms with Crippen LogP contribution in [0.15, 0.2) is 28.5 Å². The van der Waals surface area contributed by atoms with Gasteiger partial charge in [0.1, 0.15) is 5.75 Å². The summed E-state index contributed by atoms with van der Waals surface area (Å²) in [6.45, 7) is 1.80. The molecule has 0 aliphatic rings. The van der Waals surface area contributed by atoms with Crippen molar-refractivity contribution in [3.8, 4) is 5.75 Å². The molecule has 3 N–H and O–H groups in total. The standard InChI is InChI=1S/C12H13N3O4S2/c1-7-6-20-12(14-7)15-11(16)9-5-8(21(13,17)18)3-4-10(9)19-2/h3-6H,1-2H3,(H2,13,17,18)(H,14,15,16). The van der Waals surface area contributed by atoms with Crippen molar-refractivity contribution in [3.05, 3.63) is 34.8 Å². The van der Waals surface area contributed by atoms with Crippen molar-refractivity contribution >= 4 is 32.4 Å². The van der Waals surface area contributed by atoms with E-state index in [1.807, 2.05) is 0 Å². The summed E-state index contributed by atoms with van der Waals surface area (Å²) >= 11 is 1.27. The zero-order valence-electron chi connectivity index (χ0n) is 11.3. The molecular formula is C12H13N3O4S2. The van der Waals surface area contributed by atoms with Crippen molar-refractivity contribution in [2.45, 2.75) is 11.8 Å². The molecule has 0 bridgehead atoms. The normalized spacial score (nSPS) is 11.2. The van der Waals surface area contributed by atoms with Gasteiger partial charge in [0.05, 0.1) is 23.3 Å². The first-order valence-corrected chi connectivity index (χ1v) is 8.18. The monoisotopic (exact) mass is 327 g/mol. The number of nitrogens with one attached hydrogen (secondary N) is 1. The largest absolute Gasteiger partial charge is 0.496 e. The number of anilines is 1. The van der Waals surface area contributed by atoms with Crippen LogP contribution < -0.4 is 15.2 Å². The van der Waals surface area contributed by atoms with Gasteiger partial charge < -0.3 is 4.74 Å². The van der Waals surface area contributed by atoms with Crippen molar-refractivity contribution in [3.63, 3.8) is 0 Å². The number of thiazole rings is 1. The summed E-state index contributed by atoms with van der Waals surface area (Å²) in [6.07, 6.45) is 0. The summed E-state index contributed by atoms with van der Waals surface area (Å²) in [5.41, 5.74) is 0.845. The maximum Gasteiger partial charge on any atom is 0.261 e. The van der Waals surface area contributed by atoms with E-state index in [1.165, 1.54) is 36.6 Å². The number of nitrogens with zero attached hydrogens (tertiary/aromatic N) is 1. The molecular weight excluding hydrogens is 314 g/mol. The van der Waals surface area contributed by atoms with Gasteiger partial charge in [-0.15, -0.1) is 11.3 Å².